The van der Waals surface area contributed by atoms with Gasteiger partial charge in [0.15, 0.2) is 0 Å². The Morgan fingerprint density at radius 3 is 2.38 bits per heavy atom. The van der Waals surface area contributed by atoms with Crippen LogP contribution in [0.25, 0.3) is 0 Å². The fourth-order valence-corrected chi connectivity index (χ4v) is 2.19. The van der Waals surface area contributed by atoms with E-state index < -0.39 is 33.1 Å². The van der Waals surface area contributed by atoms with Gasteiger partial charge in [-0.25, -0.2) is 0 Å². The zero-order chi connectivity index (χ0) is 12.6. The maximum absolute atomic E-state index is 12.6. The molecule has 0 aliphatic carbocycles. The van der Waals surface area contributed by atoms with Crippen LogP contribution in [0.4, 0.5) is 3.89 Å². The third-order valence-electron chi connectivity index (χ3n) is 2.18. The maximum Gasteiger partial charge on any atom is 0.323 e. The first-order valence-electron chi connectivity index (χ1n) is 4.99. The molecule has 5 nitrogen and oxygen atoms in total. The molecule has 2 atom stereocenters. The Bertz CT molecular complexity index is 373. The number of hydrogen-bond acceptors (Lipinski definition) is 5. The zero-order valence-corrected chi connectivity index (χ0v) is 10.3. The summed E-state index contributed by atoms with van der Waals surface area (Å²) in [4.78, 5) is 11.5. The lowest BCUT2D eigenvalue weighted by Crippen LogP contribution is -2.37. The van der Waals surface area contributed by atoms with Crippen LogP contribution in [0.5, 0.6) is 0 Å². The Labute approximate surface area is 94.6 Å². The zero-order valence-electron chi connectivity index (χ0n) is 9.49. The summed E-state index contributed by atoms with van der Waals surface area (Å²) in [7, 11) is -4.58. The molecule has 1 saturated heterocycles. The van der Waals surface area contributed by atoms with Gasteiger partial charge in [-0.3, -0.25) is 4.79 Å². The third-order valence-corrected chi connectivity index (χ3v) is 3.34. The molecule has 1 N–H and O–H groups in total. The Morgan fingerprint density at radius 2 is 2.00 bits per heavy atom. The third kappa shape index (κ3) is 3.71. The second-order valence-electron chi connectivity index (χ2n) is 4.83. The van der Waals surface area contributed by atoms with E-state index in [0.29, 0.717) is 0 Å². The molecule has 1 fully saturated rings. The van der Waals surface area contributed by atoms with E-state index in [2.05, 4.69) is 5.32 Å². The highest BCUT2D eigenvalue weighted by molar-refractivity contribution is 7.87. The van der Waals surface area contributed by atoms with Gasteiger partial charge in [-0.05, 0) is 27.2 Å². The molecule has 2 unspecified atom stereocenters. The van der Waals surface area contributed by atoms with Gasteiger partial charge in [0.25, 0.3) is 0 Å². The van der Waals surface area contributed by atoms with E-state index in [-0.39, 0.29) is 13.0 Å². The molecular weight excluding hydrogens is 237 g/mol. The number of ether oxygens (including phenoxy) is 1. The summed E-state index contributed by atoms with van der Waals surface area (Å²) in [6.45, 7) is 5.08. The normalized spacial score (nSPS) is 26.8. The number of esters is 1. The number of carbonyl (C=O) groups is 1. The van der Waals surface area contributed by atoms with Crippen LogP contribution in [0.15, 0.2) is 0 Å². The minimum absolute atomic E-state index is 0.0528. The first-order valence-corrected chi connectivity index (χ1v) is 6.44. The maximum atomic E-state index is 12.6. The number of carbonyl (C=O) groups excluding carboxylic acids is 1. The molecule has 0 aromatic rings. The molecule has 0 aromatic heterocycles. The predicted octanol–water partition coefficient (Wildman–Crippen LogP) is 0.358. The summed E-state index contributed by atoms with van der Waals surface area (Å²) in [5.41, 5.74) is -0.633. The second-order valence-corrected chi connectivity index (χ2v) is 6.45. The lowest BCUT2D eigenvalue weighted by atomic mass is 10.2. The van der Waals surface area contributed by atoms with Crippen LogP contribution in [0, 0.1) is 0 Å². The van der Waals surface area contributed by atoms with E-state index in [9.17, 15) is 17.1 Å². The Hall–Kier alpha value is -0.690. The van der Waals surface area contributed by atoms with Gasteiger partial charge in [-0.1, -0.05) is 0 Å². The Morgan fingerprint density at radius 1 is 1.44 bits per heavy atom. The molecule has 0 radical (unpaired) electrons. The van der Waals surface area contributed by atoms with Crippen molar-refractivity contribution in [3.05, 3.63) is 0 Å². The smallest absolute Gasteiger partial charge is 0.323 e. The monoisotopic (exact) mass is 253 g/mol. The topological polar surface area (TPSA) is 72.5 Å². The highest BCUT2D eigenvalue weighted by Gasteiger charge is 2.38. The summed E-state index contributed by atoms with van der Waals surface area (Å²) in [5, 5.41) is 1.49. The van der Waals surface area contributed by atoms with E-state index in [4.69, 9.17) is 4.74 Å². The van der Waals surface area contributed by atoms with Crippen molar-refractivity contribution in [2.75, 3.05) is 6.54 Å². The van der Waals surface area contributed by atoms with Gasteiger partial charge in [-0.2, -0.15) is 8.42 Å². The van der Waals surface area contributed by atoms with E-state index in [1.807, 2.05) is 0 Å². The van der Waals surface area contributed by atoms with Crippen LogP contribution in [0.2, 0.25) is 0 Å². The predicted molar refractivity (Wildman–Crippen MR) is 56.1 cm³/mol. The van der Waals surface area contributed by atoms with Gasteiger partial charge in [0.2, 0.25) is 0 Å². The number of hydrogen-bond donors (Lipinski definition) is 1. The summed E-state index contributed by atoms with van der Waals surface area (Å²) in [6, 6.07) is -0.741. The quantitative estimate of drug-likeness (QED) is 0.568. The molecule has 0 spiro atoms. The molecule has 1 aliphatic rings. The van der Waals surface area contributed by atoms with Crippen LogP contribution in [-0.4, -0.2) is 37.8 Å². The van der Waals surface area contributed by atoms with Gasteiger partial charge in [0, 0.05) is 6.54 Å². The summed E-state index contributed by atoms with van der Waals surface area (Å²) < 4.78 is 39.0. The van der Waals surface area contributed by atoms with E-state index in [1.54, 1.807) is 20.8 Å². The average molecular weight is 253 g/mol. The molecule has 16 heavy (non-hydrogen) atoms. The van der Waals surface area contributed by atoms with Crippen molar-refractivity contribution < 1.29 is 21.8 Å². The summed E-state index contributed by atoms with van der Waals surface area (Å²) >= 11 is 0. The highest BCUT2D eigenvalue weighted by atomic mass is 32.3. The lowest BCUT2D eigenvalue weighted by molar-refractivity contribution is -0.156. The molecule has 7 heteroatoms. The summed E-state index contributed by atoms with van der Waals surface area (Å²) in [6.07, 6.45) is -0.0756. The minimum Gasteiger partial charge on any atom is -0.459 e. The van der Waals surface area contributed by atoms with Gasteiger partial charge in [0.05, 0.1) is 0 Å². The van der Waals surface area contributed by atoms with Gasteiger partial charge >= 0.3 is 16.2 Å². The molecular formula is C9H16FNO4S. The molecule has 1 aliphatic heterocycles. The van der Waals surface area contributed by atoms with E-state index in [1.165, 1.54) is 0 Å². The molecule has 1 heterocycles. The van der Waals surface area contributed by atoms with Crippen LogP contribution < -0.4 is 5.32 Å². The van der Waals surface area contributed by atoms with Crippen molar-refractivity contribution in [3.63, 3.8) is 0 Å². The van der Waals surface area contributed by atoms with Crippen molar-refractivity contribution >= 4 is 16.2 Å². The summed E-state index contributed by atoms with van der Waals surface area (Å²) in [5.74, 6) is -0.543. The van der Waals surface area contributed by atoms with Crippen LogP contribution in [0.1, 0.15) is 27.2 Å². The van der Waals surface area contributed by atoms with Crippen LogP contribution in [0.3, 0.4) is 0 Å². The fraction of sp³-hybridized carbons (Fsp3) is 0.889. The largest absolute Gasteiger partial charge is 0.459 e. The average Bonchev–Trinajstić information content (AvgIpc) is 2.46. The second kappa shape index (κ2) is 4.29. The van der Waals surface area contributed by atoms with Crippen molar-refractivity contribution in [1.29, 1.82) is 0 Å². The minimum atomic E-state index is -4.58. The molecule has 1 rings (SSSR count). The first-order chi connectivity index (χ1) is 7.09. The number of nitrogens with one attached hydrogen (secondary N) is 1. The molecule has 94 valence electrons. The Balaban J connectivity index is 2.57. The lowest BCUT2D eigenvalue weighted by Gasteiger charge is -2.21. The highest BCUT2D eigenvalue weighted by Crippen LogP contribution is 2.19. The van der Waals surface area contributed by atoms with Crippen molar-refractivity contribution in [3.8, 4) is 0 Å². The molecule has 0 amide bonds. The van der Waals surface area contributed by atoms with Gasteiger partial charge < -0.3 is 10.1 Å². The van der Waals surface area contributed by atoms with E-state index in [0.717, 1.165) is 0 Å². The van der Waals surface area contributed by atoms with Crippen molar-refractivity contribution in [2.24, 2.45) is 0 Å². The van der Waals surface area contributed by atoms with Gasteiger partial charge in [-0.15, -0.1) is 3.89 Å². The number of halogens is 1. The van der Waals surface area contributed by atoms with Gasteiger partial charge in [0.1, 0.15) is 16.9 Å². The first kappa shape index (κ1) is 13.4. The number of rotatable bonds is 2. The standard InChI is InChI=1S/C9H16FNO4S/c1-9(2,3)15-8(12)7-4-6(5-11-7)16(10,13)14/h6-7,11H,4-5H2,1-3H3. The molecule has 0 bridgehead atoms. The molecule has 0 saturated carbocycles. The van der Waals surface area contributed by atoms with Crippen LogP contribution in [-0.2, 0) is 19.8 Å². The van der Waals surface area contributed by atoms with Crippen LogP contribution >= 0.6 is 0 Å². The molecule has 0 aromatic carbocycles. The Kier molecular flexibility index (Phi) is 3.59. The van der Waals surface area contributed by atoms with E-state index >= 15 is 0 Å². The fourth-order valence-electron chi connectivity index (χ4n) is 1.47. The van der Waals surface area contributed by atoms with Crippen molar-refractivity contribution in [2.45, 2.75) is 44.1 Å². The SMILES string of the molecule is CC(C)(C)OC(=O)C1CC(S(=O)(=O)F)CN1. The van der Waals surface area contributed by atoms with Crippen molar-refractivity contribution in [1.82, 2.24) is 5.32 Å².